The first kappa shape index (κ1) is 29.2. The summed E-state index contributed by atoms with van der Waals surface area (Å²) in [4.78, 5) is 6.48. The molecule has 6 rings (SSSR count). The third-order valence-corrected chi connectivity index (χ3v) is 9.90. The lowest BCUT2D eigenvalue weighted by Gasteiger charge is -2.40. The molecule has 42 heavy (non-hydrogen) atoms. The quantitative estimate of drug-likeness (QED) is 0.193. The van der Waals surface area contributed by atoms with Crippen LogP contribution in [0.25, 0.3) is 0 Å². The Kier molecular flexibility index (Phi) is 8.91. The fourth-order valence-corrected chi connectivity index (χ4v) is 7.52. The van der Waals surface area contributed by atoms with Crippen LogP contribution in [0, 0.1) is 23.3 Å². The summed E-state index contributed by atoms with van der Waals surface area (Å²) >= 11 is 7.64. The summed E-state index contributed by atoms with van der Waals surface area (Å²) in [6.45, 7) is 4.40. The van der Waals surface area contributed by atoms with E-state index in [1.807, 2.05) is 30.3 Å². The van der Waals surface area contributed by atoms with Gasteiger partial charge in [-0.2, -0.15) is 0 Å². The van der Waals surface area contributed by atoms with Gasteiger partial charge in [0, 0.05) is 47.9 Å². The first-order valence-corrected chi connectivity index (χ1v) is 15.5. The van der Waals surface area contributed by atoms with Crippen LogP contribution in [0.4, 0.5) is 17.6 Å². The van der Waals surface area contributed by atoms with Crippen molar-refractivity contribution in [2.45, 2.75) is 41.0 Å². The molecule has 0 aliphatic carbocycles. The van der Waals surface area contributed by atoms with E-state index < -0.39 is 5.82 Å². The van der Waals surface area contributed by atoms with Gasteiger partial charge in [0.25, 0.3) is 0 Å². The molecule has 2 aliphatic heterocycles. The summed E-state index contributed by atoms with van der Waals surface area (Å²) in [5.74, 6) is -1.25. The largest absolute Gasteiger partial charge is 0.301 e. The molecule has 0 bridgehead atoms. The van der Waals surface area contributed by atoms with E-state index in [9.17, 15) is 17.6 Å². The van der Waals surface area contributed by atoms with E-state index >= 15 is 0 Å². The van der Waals surface area contributed by atoms with Gasteiger partial charge < -0.3 is 4.90 Å². The molecule has 0 amide bonds. The fourth-order valence-electron chi connectivity index (χ4n) is 6.18. The highest BCUT2D eigenvalue weighted by Crippen LogP contribution is 2.45. The van der Waals surface area contributed by atoms with Crippen LogP contribution in [-0.2, 0) is 6.42 Å². The molecule has 0 N–H and O–H groups in total. The highest BCUT2D eigenvalue weighted by molar-refractivity contribution is 7.99. The molecular formula is C34H31ClF4N2S. The molecule has 2 aliphatic rings. The standard InChI is InChI=1S/C34H31ClF4N2S/c35-30-20-29-32(18-24-7-12-27(38)19-33(24)42-34(29)21-31(30)39)41-16-14-40(15-17-41)13-1-2-28(22-3-8-25(36)9-4-22)23-5-10-26(37)11-6-23/h3-12,19-21,28,32H,1-2,13-18H2. The van der Waals surface area contributed by atoms with Crippen LogP contribution in [0.2, 0.25) is 5.02 Å². The number of nitrogens with zero attached hydrogens (tertiary/aromatic N) is 2. The lowest BCUT2D eigenvalue weighted by molar-refractivity contribution is 0.0931. The van der Waals surface area contributed by atoms with Crippen LogP contribution in [0.3, 0.4) is 0 Å². The van der Waals surface area contributed by atoms with Gasteiger partial charge in [-0.1, -0.05) is 53.7 Å². The van der Waals surface area contributed by atoms with Gasteiger partial charge >= 0.3 is 0 Å². The van der Waals surface area contributed by atoms with Crippen molar-refractivity contribution in [2.75, 3.05) is 32.7 Å². The van der Waals surface area contributed by atoms with Gasteiger partial charge in [-0.25, -0.2) is 17.6 Å². The Bertz CT molecular complexity index is 1490. The molecule has 8 heteroatoms. The SMILES string of the molecule is Fc1ccc(C(CCCN2CCN(C3Cc4ccc(F)cc4Sc4cc(F)c(Cl)cc43)CC2)c2ccc(F)cc2)cc1. The van der Waals surface area contributed by atoms with Crippen molar-refractivity contribution in [3.63, 3.8) is 0 Å². The van der Waals surface area contributed by atoms with Gasteiger partial charge in [0.2, 0.25) is 0 Å². The minimum atomic E-state index is -0.467. The van der Waals surface area contributed by atoms with Gasteiger partial charge in [-0.3, -0.25) is 4.90 Å². The van der Waals surface area contributed by atoms with E-state index in [0.717, 1.165) is 77.6 Å². The molecule has 218 valence electrons. The van der Waals surface area contributed by atoms with E-state index in [4.69, 9.17) is 11.6 Å². The molecule has 2 nitrogen and oxygen atoms in total. The number of halogens is 5. The number of hydrogen-bond acceptors (Lipinski definition) is 3. The highest BCUT2D eigenvalue weighted by atomic mass is 35.5. The van der Waals surface area contributed by atoms with Gasteiger partial charge in [0.15, 0.2) is 0 Å². The number of piperazine rings is 1. The molecule has 1 atom stereocenters. The minimum absolute atomic E-state index is 0.0146. The number of benzene rings is 4. The van der Waals surface area contributed by atoms with Gasteiger partial charge in [0.05, 0.1) is 5.02 Å². The molecule has 0 saturated carbocycles. The Balaban J connectivity index is 1.12. The average molecular weight is 611 g/mol. The Labute approximate surface area is 253 Å². The Hall–Kier alpha value is -2.84. The van der Waals surface area contributed by atoms with Gasteiger partial charge in [-0.05, 0) is 96.6 Å². The fraction of sp³-hybridized carbons (Fsp3) is 0.294. The van der Waals surface area contributed by atoms with Crippen molar-refractivity contribution in [3.8, 4) is 0 Å². The Morgan fingerprint density at radius 1 is 0.738 bits per heavy atom. The van der Waals surface area contributed by atoms with Crippen molar-refractivity contribution < 1.29 is 17.6 Å². The smallest absolute Gasteiger partial charge is 0.142 e. The number of hydrogen-bond donors (Lipinski definition) is 0. The third kappa shape index (κ3) is 6.55. The lowest BCUT2D eigenvalue weighted by atomic mass is 9.87. The van der Waals surface area contributed by atoms with E-state index in [1.165, 1.54) is 54.2 Å². The van der Waals surface area contributed by atoms with E-state index in [-0.39, 0.29) is 34.4 Å². The summed E-state index contributed by atoms with van der Waals surface area (Å²) in [5.41, 5.74) is 4.08. The zero-order valence-electron chi connectivity index (χ0n) is 23.0. The molecule has 4 aromatic carbocycles. The Morgan fingerprint density at radius 3 is 2.00 bits per heavy atom. The Morgan fingerprint density at radius 2 is 1.36 bits per heavy atom. The van der Waals surface area contributed by atoms with Crippen molar-refractivity contribution in [1.82, 2.24) is 9.80 Å². The number of fused-ring (bicyclic) bond motifs is 2. The van der Waals surface area contributed by atoms with E-state index in [2.05, 4.69) is 9.80 Å². The summed E-state index contributed by atoms with van der Waals surface area (Å²) in [5, 5.41) is 0.104. The zero-order chi connectivity index (χ0) is 29.2. The second-order valence-electron chi connectivity index (χ2n) is 11.1. The molecule has 1 fully saturated rings. The maximum Gasteiger partial charge on any atom is 0.142 e. The van der Waals surface area contributed by atoms with Crippen molar-refractivity contribution in [1.29, 1.82) is 0 Å². The van der Waals surface area contributed by atoms with Crippen LogP contribution in [0.15, 0.2) is 88.7 Å². The summed E-state index contributed by atoms with van der Waals surface area (Å²) in [6, 6.07) is 21.3. The van der Waals surface area contributed by atoms with Crippen LogP contribution >= 0.6 is 23.4 Å². The minimum Gasteiger partial charge on any atom is -0.301 e. The number of rotatable bonds is 7. The van der Waals surface area contributed by atoms with E-state index in [1.54, 1.807) is 6.07 Å². The zero-order valence-corrected chi connectivity index (χ0v) is 24.6. The topological polar surface area (TPSA) is 6.48 Å². The molecule has 2 heterocycles. The molecule has 0 spiro atoms. The molecule has 1 saturated heterocycles. The normalized spacial score (nSPS) is 17.6. The molecule has 0 aromatic heterocycles. The molecule has 1 unspecified atom stereocenters. The maximum atomic E-state index is 14.5. The summed E-state index contributed by atoms with van der Waals surface area (Å²) < 4.78 is 55.7. The van der Waals surface area contributed by atoms with Crippen molar-refractivity contribution >= 4 is 23.4 Å². The first-order chi connectivity index (χ1) is 20.3. The van der Waals surface area contributed by atoms with Crippen LogP contribution in [0.1, 0.15) is 47.1 Å². The second-order valence-corrected chi connectivity index (χ2v) is 12.5. The second kappa shape index (κ2) is 12.8. The summed E-state index contributed by atoms with van der Waals surface area (Å²) in [7, 11) is 0. The average Bonchev–Trinajstić information content (AvgIpc) is 3.13. The highest BCUT2D eigenvalue weighted by Gasteiger charge is 2.31. The predicted octanol–water partition coefficient (Wildman–Crippen LogP) is 8.87. The van der Waals surface area contributed by atoms with Gasteiger partial charge in [0.1, 0.15) is 23.3 Å². The molecule has 0 radical (unpaired) electrons. The summed E-state index contributed by atoms with van der Waals surface area (Å²) in [6.07, 6.45) is 2.51. The third-order valence-electron chi connectivity index (χ3n) is 8.43. The van der Waals surface area contributed by atoms with Crippen molar-refractivity contribution in [2.24, 2.45) is 0 Å². The van der Waals surface area contributed by atoms with E-state index in [0.29, 0.717) is 6.42 Å². The van der Waals surface area contributed by atoms with Crippen LogP contribution in [0.5, 0.6) is 0 Å². The van der Waals surface area contributed by atoms with Crippen LogP contribution < -0.4 is 0 Å². The molecular weight excluding hydrogens is 580 g/mol. The lowest BCUT2D eigenvalue weighted by Crippen LogP contribution is -2.48. The monoisotopic (exact) mass is 610 g/mol. The predicted molar refractivity (Wildman–Crippen MR) is 160 cm³/mol. The maximum absolute atomic E-state index is 14.5. The van der Waals surface area contributed by atoms with Crippen molar-refractivity contribution in [3.05, 3.63) is 129 Å². The van der Waals surface area contributed by atoms with Gasteiger partial charge in [-0.15, -0.1) is 0 Å². The van der Waals surface area contributed by atoms with Crippen LogP contribution in [-0.4, -0.2) is 42.5 Å². The molecule has 4 aromatic rings. The first-order valence-electron chi connectivity index (χ1n) is 14.3.